The van der Waals surface area contributed by atoms with E-state index in [9.17, 15) is 13.6 Å². The molecule has 120 valence electrons. The SMILES string of the molecule is O=C(C[NH+](Cc1ccccc1F)C1CC1)Nc1ccccc1F. The van der Waals surface area contributed by atoms with Crippen LogP contribution in [-0.2, 0) is 11.3 Å². The Kier molecular flexibility index (Phi) is 4.67. The summed E-state index contributed by atoms with van der Waals surface area (Å²) in [5.41, 5.74) is 0.784. The third-order valence-electron chi connectivity index (χ3n) is 4.07. The number of carbonyl (C=O) groups excluding carboxylic acids is 1. The third kappa shape index (κ3) is 4.13. The second-order valence-corrected chi connectivity index (χ2v) is 5.91. The number of hydrogen-bond donors (Lipinski definition) is 2. The molecule has 1 amide bonds. The van der Waals surface area contributed by atoms with Crippen LogP contribution in [-0.4, -0.2) is 18.5 Å². The normalized spacial score (nSPS) is 15.2. The van der Waals surface area contributed by atoms with Crippen molar-refractivity contribution in [2.75, 3.05) is 11.9 Å². The van der Waals surface area contributed by atoms with E-state index in [4.69, 9.17) is 0 Å². The Labute approximate surface area is 133 Å². The molecule has 0 aliphatic heterocycles. The first kappa shape index (κ1) is 15.6. The van der Waals surface area contributed by atoms with Crippen LogP contribution in [0.15, 0.2) is 48.5 Å². The topological polar surface area (TPSA) is 33.5 Å². The molecule has 0 aromatic heterocycles. The van der Waals surface area contributed by atoms with Crippen molar-refractivity contribution >= 4 is 11.6 Å². The van der Waals surface area contributed by atoms with Crippen molar-refractivity contribution in [3.8, 4) is 0 Å². The molecule has 2 aromatic carbocycles. The van der Waals surface area contributed by atoms with Gasteiger partial charge >= 0.3 is 0 Å². The molecule has 1 unspecified atom stereocenters. The number of benzene rings is 2. The van der Waals surface area contributed by atoms with Gasteiger partial charge in [-0.2, -0.15) is 0 Å². The Balaban J connectivity index is 1.65. The second-order valence-electron chi connectivity index (χ2n) is 5.91. The predicted octanol–water partition coefficient (Wildman–Crippen LogP) is 2.15. The van der Waals surface area contributed by atoms with E-state index < -0.39 is 5.82 Å². The molecule has 23 heavy (non-hydrogen) atoms. The number of para-hydroxylation sites is 1. The highest BCUT2D eigenvalue weighted by Crippen LogP contribution is 2.16. The van der Waals surface area contributed by atoms with E-state index in [1.807, 2.05) is 0 Å². The number of amides is 1. The van der Waals surface area contributed by atoms with Crippen LogP contribution in [0.4, 0.5) is 14.5 Å². The lowest BCUT2D eigenvalue weighted by atomic mass is 10.2. The summed E-state index contributed by atoms with van der Waals surface area (Å²) in [4.78, 5) is 13.2. The van der Waals surface area contributed by atoms with Crippen LogP contribution >= 0.6 is 0 Å². The Morgan fingerprint density at radius 1 is 1.04 bits per heavy atom. The summed E-state index contributed by atoms with van der Waals surface area (Å²) >= 11 is 0. The number of rotatable bonds is 6. The summed E-state index contributed by atoms with van der Waals surface area (Å²) in [5, 5.41) is 2.60. The highest BCUT2D eigenvalue weighted by molar-refractivity contribution is 5.91. The Morgan fingerprint density at radius 3 is 2.35 bits per heavy atom. The number of nitrogens with one attached hydrogen (secondary N) is 2. The van der Waals surface area contributed by atoms with Crippen molar-refractivity contribution in [3.63, 3.8) is 0 Å². The van der Waals surface area contributed by atoms with E-state index in [1.54, 1.807) is 30.3 Å². The minimum absolute atomic E-state index is 0.179. The van der Waals surface area contributed by atoms with Crippen LogP contribution in [0, 0.1) is 11.6 Å². The van der Waals surface area contributed by atoms with Crippen LogP contribution < -0.4 is 10.2 Å². The van der Waals surface area contributed by atoms with Gasteiger partial charge in [0.25, 0.3) is 5.91 Å². The molecule has 0 spiro atoms. The minimum Gasteiger partial charge on any atom is -0.321 e. The first-order valence-electron chi connectivity index (χ1n) is 7.76. The van der Waals surface area contributed by atoms with Crippen molar-refractivity contribution in [1.82, 2.24) is 0 Å². The predicted molar refractivity (Wildman–Crippen MR) is 84.0 cm³/mol. The largest absolute Gasteiger partial charge is 0.321 e. The zero-order valence-corrected chi connectivity index (χ0v) is 12.7. The van der Waals surface area contributed by atoms with Gasteiger partial charge in [-0.1, -0.05) is 30.3 Å². The summed E-state index contributed by atoms with van der Waals surface area (Å²) in [6.45, 7) is 0.662. The van der Waals surface area contributed by atoms with Gasteiger partial charge in [-0.05, 0) is 18.2 Å². The molecule has 1 atom stereocenters. The van der Waals surface area contributed by atoms with Gasteiger partial charge in [0, 0.05) is 18.4 Å². The lowest BCUT2D eigenvalue weighted by molar-refractivity contribution is -0.917. The van der Waals surface area contributed by atoms with Gasteiger partial charge in [0.2, 0.25) is 0 Å². The Bertz CT molecular complexity index is 701. The average molecular weight is 317 g/mol. The number of halogens is 2. The van der Waals surface area contributed by atoms with E-state index in [0.29, 0.717) is 18.2 Å². The molecule has 1 aliphatic carbocycles. The van der Waals surface area contributed by atoms with Gasteiger partial charge in [0.15, 0.2) is 6.54 Å². The number of anilines is 1. The van der Waals surface area contributed by atoms with Gasteiger partial charge in [0.1, 0.15) is 18.2 Å². The zero-order chi connectivity index (χ0) is 16.2. The molecule has 1 aliphatic rings. The van der Waals surface area contributed by atoms with Gasteiger partial charge in [0.05, 0.1) is 11.7 Å². The fourth-order valence-electron chi connectivity index (χ4n) is 2.69. The van der Waals surface area contributed by atoms with Crippen molar-refractivity contribution in [1.29, 1.82) is 0 Å². The number of hydrogen-bond acceptors (Lipinski definition) is 1. The summed E-state index contributed by atoms with van der Waals surface area (Å²) in [6, 6.07) is 13.1. The van der Waals surface area contributed by atoms with Crippen LogP contribution in [0.1, 0.15) is 18.4 Å². The maximum absolute atomic E-state index is 13.8. The Morgan fingerprint density at radius 2 is 1.70 bits per heavy atom. The summed E-state index contributed by atoms with van der Waals surface area (Å²) in [5.74, 6) is -0.962. The van der Waals surface area contributed by atoms with Crippen molar-refractivity contribution < 1.29 is 18.5 Å². The molecule has 1 fully saturated rings. The average Bonchev–Trinajstić information content (AvgIpc) is 3.36. The first-order chi connectivity index (χ1) is 11.1. The van der Waals surface area contributed by atoms with Crippen molar-refractivity contribution in [2.24, 2.45) is 0 Å². The number of carbonyl (C=O) groups is 1. The lowest BCUT2D eigenvalue weighted by Gasteiger charge is -2.19. The summed E-state index contributed by atoms with van der Waals surface area (Å²) < 4.78 is 27.4. The lowest BCUT2D eigenvalue weighted by Crippen LogP contribution is -3.13. The third-order valence-corrected chi connectivity index (χ3v) is 4.07. The molecule has 3 rings (SSSR count). The van der Waals surface area contributed by atoms with E-state index >= 15 is 0 Å². The smallest absolute Gasteiger partial charge is 0.279 e. The zero-order valence-electron chi connectivity index (χ0n) is 12.7. The molecule has 2 aromatic rings. The summed E-state index contributed by atoms with van der Waals surface area (Å²) in [7, 11) is 0. The minimum atomic E-state index is -0.456. The molecule has 0 bridgehead atoms. The molecule has 2 N–H and O–H groups in total. The highest BCUT2D eigenvalue weighted by Gasteiger charge is 2.35. The van der Waals surface area contributed by atoms with Gasteiger partial charge in [-0.25, -0.2) is 8.78 Å². The fraction of sp³-hybridized carbons (Fsp3) is 0.278. The number of quaternary nitrogens is 1. The molecule has 3 nitrogen and oxygen atoms in total. The molecule has 0 radical (unpaired) electrons. The van der Waals surface area contributed by atoms with E-state index in [0.717, 1.165) is 17.7 Å². The van der Waals surface area contributed by atoms with Gasteiger partial charge in [-0.15, -0.1) is 0 Å². The van der Waals surface area contributed by atoms with Crippen LogP contribution in [0.25, 0.3) is 0 Å². The molecule has 5 heteroatoms. The monoisotopic (exact) mass is 317 g/mol. The van der Waals surface area contributed by atoms with Crippen molar-refractivity contribution in [3.05, 3.63) is 65.7 Å². The van der Waals surface area contributed by atoms with E-state index in [2.05, 4.69) is 5.32 Å². The molecule has 0 heterocycles. The maximum Gasteiger partial charge on any atom is 0.279 e. The van der Waals surface area contributed by atoms with Crippen molar-refractivity contribution in [2.45, 2.75) is 25.4 Å². The standard InChI is InChI=1S/C18H18F2N2O/c19-15-6-2-1-5-13(15)11-22(14-9-10-14)12-18(23)21-17-8-4-3-7-16(17)20/h1-8,14H,9-12H2,(H,21,23)/p+1. The Hall–Kier alpha value is -2.27. The quantitative estimate of drug-likeness (QED) is 0.841. The van der Waals surface area contributed by atoms with Gasteiger partial charge < -0.3 is 10.2 Å². The van der Waals surface area contributed by atoms with E-state index in [1.165, 1.54) is 18.2 Å². The fourth-order valence-corrected chi connectivity index (χ4v) is 2.69. The first-order valence-corrected chi connectivity index (χ1v) is 7.76. The molecular formula is C18H19F2N2O+. The molecule has 1 saturated carbocycles. The van der Waals surface area contributed by atoms with Gasteiger partial charge in [-0.3, -0.25) is 4.79 Å². The maximum atomic E-state index is 13.8. The molecular weight excluding hydrogens is 298 g/mol. The van der Waals surface area contributed by atoms with Crippen LogP contribution in [0.2, 0.25) is 0 Å². The molecule has 0 saturated heterocycles. The highest BCUT2D eigenvalue weighted by atomic mass is 19.1. The van der Waals surface area contributed by atoms with Crippen LogP contribution in [0.3, 0.4) is 0 Å². The summed E-state index contributed by atoms with van der Waals surface area (Å²) in [6.07, 6.45) is 2.08. The van der Waals surface area contributed by atoms with Crippen LogP contribution in [0.5, 0.6) is 0 Å². The second kappa shape index (κ2) is 6.87. The van der Waals surface area contributed by atoms with E-state index in [-0.39, 0.29) is 24.0 Å².